The quantitative estimate of drug-likeness (QED) is 0.516. The van der Waals surface area contributed by atoms with E-state index in [4.69, 9.17) is 0 Å². The number of halogens is 1. The summed E-state index contributed by atoms with van der Waals surface area (Å²) in [5.74, 6) is 0.542. The molecule has 0 atom stereocenters. The Balaban J connectivity index is 2.52. The first-order valence-electron chi connectivity index (χ1n) is 4.06. The van der Waals surface area contributed by atoms with Gasteiger partial charge in [-0.25, -0.2) is 4.98 Å². The predicted molar refractivity (Wildman–Crippen MR) is 61.3 cm³/mol. The fourth-order valence-corrected chi connectivity index (χ4v) is 2.26. The molecule has 1 aliphatic carbocycles. The molecule has 13 heavy (non-hydrogen) atoms. The van der Waals surface area contributed by atoms with E-state index in [-0.39, 0.29) is 5.56 Å². The van der Waals surface area contributed by atoms with Gasteiger partial charge in [0.15, 0.2) is 5.16 Å². The first kappa shape index (κ1) is 9.51. The summed E-state index contributed by atoms with van der Waals surface area (Å²) in [6, 6.07) is 0. The lowest BCUT2D eigenvalue weighted by atomic mass is 10.3. The van der Waals surface area contributed by atoms with Gasteiger partial charge in [-0.1, -0.05) is 11.8 Å². The largest absolute Gasteiger partial charge is 0.301 e. The van der Waals surface area contributed by atoms with E-state index in [1.165, 1.54) is 24.6 Å². The summed E-state index contributed by atoms with van der Waals surface area (Å²) >= 11 is 3.56. The van der Waals surface area contributed by atoms with Gasteiger partial charge in [-0.15, -0.1) is 0 Å². The van der Waals surface area contributed by atoms with Crippen LogP contribution < -0.4 is 5.56 Å². The van der Waals surface area contributed by atoms with Crippen molar-refractivity contribution in [1.29, 1.82) is 0 Å². The van der Waals surface area contributed by atoms with Crippen molar-refractivity contribution in [1.82, 2.24) is 9.97 Å². The highest BCUT2D eigenvalue weighted by Gasteiger charge is 2.28. The van der Waals surface area contributed by atoms with Crippen LogP contribution in [0.25, 0.3) is 0 Å². The van der Waals surface area contributed by atoms with Gasteiger partial charge in [0.1, 0.15) is 3.57 Å². The highest BCUT2D eigenvalue weighted by molar-refractivity contribution is 14.1. The first-order valence-corrected chi connectivity index (χ1v) is 6.36. The standard InChI is InChI=1S/C8H9IN2OS/c1-13-8-10-6(4-2-3-4)5(9)7(12)11-8/h4H,2-3H2,1H3,(H,10,11,12). The number of nitrogens with one attached hydrogen (secondary N) is 1. The van der Waals surface area contributed by atoms with E-state index in [0.717, 1.165) is 14.4 Å². The molecule has 0 bridgehead atoms. The Labute approximate surface area is 93.9 Å². The van der Waals surface area contributed by atoms with Gasteiger partial charge in [0.25, 0.3) is 5.56 Å². The van der Waals surface area contributed by atoms with Crippen molar-refractivity contribution in [2.45, 2.75) is 23.9 Å². The van der Waals surface area contributed by atoms with Crippen molar-refractivity contribution in [2.75, 3.05) is 6.26 Å². The van der Waals surface area contributed by atoms with Crippen LogP contribution in [-0.4, -0.2) is 16.2 Å². The Morgan fingerprint density at radius 2 is 2.31 bits per heavy atom. The normalized spacial score (nSPS) is 16.2. The van der Waals surface area contributed by atoms with Gasteiger partial charge in [-0.2, -0.15) is 0 Å². The van der Waals surface area contributed by atoms with Crippen LogP contribution in [0.1, 0.15) is 24.5 Å². The van der Waals surface area contributed by atoms with E-state index in [0.29, 0.717) is 5.92 Å². The van der Waals surface area contributed by atoms with Gasteiger partial charge in [0.2, 0.25) is 0 Å². The molecule has 1 saturated carbocycles. The van der Waals surface area contributed by atoms with Crippen LogP contribution in [0.4, 0.5) is 0 Å². The lowest BCUT2D eigenvalue weighted by Crippen LogP contribution is -2.15. The molecule has 1 N–H and O–H groups in total. The van der Waals surface area contributed by atoms with Gasteiger partial charge in [0.05, 0.1) is 5.69 Å². The monoisotopic (exact) mass is 308 g/mol. The number of aromatic amines is 1. The Bertz CT molecular complexity index is 386. The number of thioether (sulfide) groups is 1. The number of hydrogen-bond donors (Lipinski definition) is 1. The Kier molecular flexibility index (Phi) is 2.64. The molecule has 70 valence electrons. The number of rotatable bonds is 2. The third kappa shape index (κ3) is 1.90. The molecule has 0 aromatic carbocycles. The number of aromatic nitrogens is 2. The van der Waals surface area contributed by atoms with Crippen LogP contribution in [0.15, 0.2) is 9.95 Å². The predicted octanol–water partition coefficient (Wildman–Crippen LogP) is 1.97. The van der Waals surface area contributed by atoms with Crippen LogP contribution in [0.2, 0.25) is 0 Å². The van der Waals surface area contributed by atoms with Crippen LogP contribution in [0.5, 0.6) is 0 Å². The lowest BCUT2D eigenvalue weighted by Gasteiger charge is -2.02. The molecule has 1 aromatic heterocycles. The van der Waals surface area contributed by atoms with Crippen LogP contribution in [-0.2, 0) is 0 Å². The topological polar surface area (TPSA) is 45.8 Å². The summed E-state index contributed by atoms with van der Waals surface area (Å²) < 4.78 is 0.762. The zero-order chi connectivity index (χ0) is 9.42. The number of hydrogen-bond acceptors (Lipinski definition) is 3. The Hall–Kier alpha value is -0.0400. The molecule has 0 radical (unpaired) electrons. The second-order valence-corrected chi connectivity index (χ2v) is 4.92. The molecule has 2 rings (SSSR count). The van der Waals surface area contributed by atoms with Crippen molar-refractivity contribution >= 4 is 34.4 Å². The second kappa shape index (κ2) is 3.61. The minimum Gasteiger partial charge on any atom is -0.301 e. The van der Waals surface area contributed by atoms with Crippen molar-refractivity contribution in [2.24, 2.45) is 0 Å². The highest BCUT2D eigenvalue weighted by atomic mass is 127. The van der Waals surface area contributed by atoms with Gasteiger partial charge < -0.3 is 4.98 Å². The minimum atomic E-state index is 0.00171. The maximum Gasteiger partial charge on any atom is 0.265 e. The molecule has 5 heteroatoms. The van der Waals surface area contributed by atoms with E-state index in [9.17, 15) is 4.79 Å². The van der Waals surface area contributed by atoms with E-state index in [2.05, 4.69) is 32.6 Å². The Morgan fingerprint density at radius 3 is 2.85 bits per heavy atom. The fraction of sp³-hybridized carbons (Fsp3) is 0.500. The van der Waals surface area contributed by atoms with E-state index >= 15 is 0 Å². The van der Waals surface area contributed by atoms with Gasteiger partial charge >= 0.3 is 0 Å². The molecular formula is C8H9IN2OS. The highest BCUT2D eigenvalue weighted by Crippen LogP contribution is 2.40. The number of H-pyrrole nitrogens is 1. The third-order valence-electron chi connectivity index (χ3n) is 2.02. The van der Waals surface area contributed by atoms with E-state index in [1.54, 1.807) is 0 Å². The van der Waals surface area contributed by atoms with Crippen molar-refractivity contribution in [3.63, 3.8) is 0 Å². The second-order valence-electron chi connectivity index (χ2n) is 3.05. The summed E-state index contributed by atoms with van der Waals surface area (Å²) in [5, 5.41) is 0.729. The molecule has 3 nitrogen and oxygen atoms in total. The summed E-state index contributed by atoms with van der Waals surface area (Å²) in [4.78, 5) is 18.6. The summed E-state index contributed by atoms with van der Waals surface area (Å²) in [5.41, 5.74) is 0.996. The maximum absolute atomic E-state index is 11.4. The zero-order valence-corrected chi connectivity index (χ0v) is 10.1. The lowest BCUT2D eigenvalue weighted by molar-refractivity contribution is 0.850. The first-order chi connectivity index (χ1) is 6.22. The summed E-state index contributed by atoms with van der Waals surface area (Å²) in [6.07, 6.45) is 4.28. The summed E-state index contributed by atoms with van der Waals surface area (Å²) in [7, 11) is 0. The molecule has 1 aliphatic rings. The molecule has 0 spiro atoms. The molecule has 0 saturated heterocycles. The van der Waals surface area contributed by atoms with E-state index < -0.39 is 0 Å². The zero-order valence-electron chi connectivity index (χ0n) is 7.13. The van der Waals surface area contributed by atoms with Crippen LogP contribution in [0.3, 0.4) is 0 Å². The van der Waals surface area contributed by atoms with Gasteiger partial charge in [0, 0.05) is 5.92 Å². The molecule has 0 amide bonds. The number of nitrogens with zero attached hydrogens (tertiary/aromatic N) is 1. The average molecular weight is 308 g/mol. The minimum absolute atomic E-state index is 0.00171. The molecule has 1 heterocycles. The fourth-order valence-electron chi connectivity index (χ4n) is 1.18. The molecule has 0 aliphatic heterocycles. The van der Waals surface area contributed by atoms with Gasteiger partial charge in [-0.3, -0.25) is 4.79 Å². The molecule has 0 unspecified atom stereocenters. The molecule has 1 fully saturated rings. The van der Waals surface area contributed by atoms with E-state index in [1.807, 2.05) is 6.26 Å². The van der Waals surface area contributed by atoms with Crippen LogP contribution >= 0.6 is 34.4 Å². The Morgan fingerprint density at radius 1 is 1.62 bits per heavy atom. The van der Waals surface area contributed by atoms with Crippen molar-refractivity contribution in [3.05, 3.63) is 19.6 Å². The van der Waals surface area contributed by atoms with Gasteiger partial charge in [-0.05, 0) is 41.7 Å². The average Bonchev–Trinajstić information content (AvgIpc) is 2.92. The smallest absolute Gasteiger partial charge is 0.265 e. The SMILES string of the molecule is CSc1nc(C2CC2)c(I)c(=O)[nH]1. The maximum atomic E-state index is 11.4. The molecular weight excluding hydrogens is 299 g/mol. The molecule has 1 aromatic rings. The summed E-state index contributed by atoms with van der Waals surface area (Å²) in [6.45, 7) is 0. The van der Waals surface area contributed by atoms with Crippen molar-refractivity contribution in [3.8, 4) is 0 Å². The third-order valence-corrected chi connectivity index (χ3v) is 3.65. The van der Waals surface area contributed by atoms with Crippen LogP contribution in [0, 0.1) is 3.57 Å². The van der Waals surface area contributed by atoms with Crippen molar-refractivity contribution < 1.29 is 0 Å².